The predicted octanol–water partition coefficient (Wildman–Crippen LogP) is 17.0. The topological polar surface area (TPSA) is 98.1 Å². The van der Waals surface area contributed by atoms with E-state index in [-0.39, 0.29) is 28.7 Å². The van der Waals surface area contributed by atoms with Crippen molar-refractivity contribution >= 4 is 67.5 Å². The van der Waals surface area contributed by atoms with Crippen LogP contribution in [0.1, 0.15) is 49.7 Å². The van der Waals surface area contributed by atoms with Crippen LogP contribution in [0.4, 0.5) is 129 Å². The van der Waals surface area contributed by atoms with Crippen LogP contribution in [-0.4, -0.2) is 37.5 Å². The molecule has 8 nitrogen and oxygen atoms in total. The second kappa shape index (κ2) is 23.2. The van der Waals surface area contributed by atoms with E-state index in [1.165, 1.54) is 0 Å². The fourth-order valence-corrected chi connectivity index (χ4v) is 12.1. The minimum Gasteiger partial charge on any atom is -0.354 e. The van der Waals surface area contributed by atoms with Gasteiger partial charge in [-0.25, -0.2) is 133 Å². The number of fused-ring (bicyclic) bond motifs is 12. The Morgan fingerprint density at radius 3 is 1.09 bits per heavy atom. The summed E-state index contributed by atoms with van der Waals surface area (Å²) in [6.07, 6.45) is 1.47. The van der Waals surface area contributed by atoms with E-state index in [1.54, 1.807) is 0 Å². The van der Waals surface area contributed by atoms with Gasteiger partial charge in [-0.3, -0.25) is 14.5 Å². The zero-order chi connectivity index (χ0) is 73.6. The molecular formula is C66H14F28N6O2. The van der Waals surface area contributed by atoms with E-state index in [2.05, 4.69) is 15.0 Å². The average molecular weight is 1450 g/mol. The van der Waals surface area contributed by atoms with Crippen LogP contribution in [0.25, 0.3) is 50.0 Å². The first-order chi connectivity index (χ1) is 48.2. The lowest BCUT2D eigenvalue weighted by atomic mass is 9.96. The van der Waals surface area contributed by atoms with Gasteiger partial charge in [0.1, 0.15) is 11.4 Å². The molecule has 2 N–H and O–H groups in total. The lowest BCUT2D eigenvalue weighted by Crippen LogP contribution is -2.30. The van der Waals surface area contributed by atoms with E-state index in [4.69, 9.17) is 0 Å². The number of halogens is 28. The summed E-state index contributed by atoms with van der Waals surface area (Å²) in [7, 11) is 0. The number of aromatic amines is 2. The third-order valence-corrected chi connectivity index (χ3v) is 16.5. The Balaban J connectivity index is 1.21. The Morgan fingerprint density at radius 1 is 0.284 bits per heavy atom. The first kappa shape index (κ1) is 67.1. The molecule has 0 saturated heterocycles. The van der Waals surface area contributed by atoms with E-state index in [0.29, 0.717) is 48.6 Å². The molecule has 12 bridgehead atoms. The third-order valence-electron chi connectivity index (χ3n) is 16.5. The molecule has 14 rings (SSSR count). The van der Waals surface area contributed by atoms with E-state index in [9.17, 15) is 27.2 Å². The summed E-state index contributed by atoms with van der Waals surface area (Å²) in [6, 6.07) is 2.65. The summed E-state index contributed by atoms with van der Waals surface area (Å²) < 4.78 is 447. The predicted molar refractivity (Wildman–Crippen MR) is 296 cm³/mol. The minimum absolute atomic E-state index is 0.0930. The number of hydrogen-bond acceptors (Lipinski definition) is 4. The number of nitrogens with zero attached hydrogens (tertiary/aromatic N) is 4. The minimum atomic E-state index is -3.03. The van der Waals surface area contributed by atoms with Gasteiger partial charge in [0.05, 0.1) is 72.4 Å². The maximum absolute atomic E-state index is 17.0. The molecule has 0 fully saturated rings. The maximum atomic E-state index is 17.0. The number of H-pyrrole nitrogens is 2. The van der Waals surface area contributed by atoms with Crippen LogP contribution in [0.15, 0.2) is 99.9 Å². The number of allylic oxidation sites excluding steroid dienone is 5. The summed E-state index contributed by atoms with van der Waals surface area (Å²) >= 11 is 0. The Bertz CT molecular complexity index is 5920. The van der Waals surface area contributed by atoms with Gasteiger partial charge in [-0.05, 0) is 66.8 Å². The van der Waals surface area contributed by atoms with Crippen molar-refractivity contribution < 1.29 is 133 Å². The van der Waals surface area contributed by atoms with Crippen molar-refractivity contribution in [3.05, 3.63) is 303 Å². The zero-order valence-electron chi connectivity index (χ0n) is 48.1. The van der Waals surface area contributed by atoms with Crippen LogP contribution in [0.3, 0.4) is 0 Å². The van der Waals surface area contributed by atoms with Crippen LogP contribution in [-0.2, 0) is 4.79 Å². The monoisotopic (exact) mass is 1450 g/mol. The fourth-order valence-electron chi connectivity index (χ4n) is 12.1. The molecule has 0 atom stereocenters. The number of hydrogen-bond donors (Lipinski definition) is 2. The molecule has 36 heteroatoms. The van der Waals surface area contributed by atoms with Crippen LogP contribution in [0, 0.1) is 163 Å². The number of rotatable bonds is 4. The van der Waals surface area contributed by atoms with Gasteiger partial charge in [0.15, 0.2) is 140 Å². The van der Waals surface area contributed by atoms with E-state index in [0.717, 1.165) is 0 Å². The Morgan fingerprint density at radius 2 is 0.627 bits per heavy atom. The molecule has 10 aromatic rings. The van der Waals surface area contributed by atoms with Gasteiger partial charge < -0.3 is 14.4 Å². The second-order valence-corrected chi connectivity index (χ2v) is 21.8. The van der Waals surface area contributed by atoms with Crippen LogP contribution in [0.5, 0.6) is 0 Å². The number of benzene rings is 6. The number of ketones is 1. The lowest BCUT2D eigenvalue weighted by Gasteiger charge is -2.25. The standard InChI is InChI=1S/C66H14F28N6O2/c67-36-30(37(68)47(78)56(87)46(36)77)25-13-1-4-17(95-13)27(32-40(71)50(81)58(89)51(82)41(32)72)21-9-10-22-29(34-44(75)54(85)60(91)62(93)64(34)99(21)22)19-6-3-15(97-19)26(31-38(69)48(79)57(88)49(80)39(31)70)16-7-8-20(98-16)66(102)35-45(76)55(86)61(92)63(94)65(35)100-23(11-12-24(100)101)28(18-5-2-14(25)96-18)33-42(73)52(83)59(90)53(84)43(33)74/h1-12,96-97H. The number of carbonyl (C=O) groups is 2. The first-order valence-corrected chi connectivity index (χ1v) is 27.6. The number of nitrogens with one attached hydrogen (secondary N) is 2. The van der Waals surface area contributed by atoms with Crippen LogP contribution >= 0.6 is 0 Å². The summed E-state index contributed by atoms with van der Waals surface area (Å²) in [4.78, 5) is 40.4. The highest BCUT2D eigenvalue weighted by Crippen LogP contribution is 2.48. The molecular weight excluding hydrogens is 1440 g/mol. The zero-order valence-corrected chi connectivity index (χ0v) is 48.1. The molecule has 4 aliphatic rings. The van der Waals surface area contributed by atoms with Gasteiger partial charge in [-0.2, -0.15) is 0 Å². The van der Waals surface area contributed by atoms with E-state index < -0.39 is 314 Å². The van der Waals surface area contributed by atoms with Gasteiger partial charge in [-0.1, -0.05) is 0 Å². The molecule has 0 saturated carbocycles. The molecule has 0 spiro atoms. The van der Waals surface area contributed by atoms with Crippen molar-refractivity contribution in [1.82, 2.24) is 14.4 Å². The van der Waals surface area contributed by atoms with Crippen molar-refractivity contribution in [1.29, 1.82) is 0 Å². The van der Waals surface area contributed by atoms with E-state index in [1.807, 2.05) is 4.98 Å². The third kappa shape index (κ3) is 9.10. The van der Waals surface area contributed by atoms with Gasteiger partial charge in [0, 0.05) is 56.7 Å². The van der Waals surface area contributed by atoms with Crippen molar-refractivity contribution in [2.24, 2.45) is 9.98 Å². The summed E-state index contributed by atoms with van der Waals surface area (Å²) in [5.41, 5.74) is -36.9. The highest BCUT2D eigenvalue weighted by Gasteiger charge is 2.44. The quantitative estimate of drug-likeness (QED) is 0.104. The molecule has 0 radical (unpaired) electrons. The largest absolute Gasteiger partial charge is 0.354 e. The highest BCUT2D eigenvalue weighted by atomic mass is 19.2. The number of aliphatic imine (C=N–C) groups is 2. The van der Waals surface area contributed by atoms with Crippen molar-refractivity contribution in [2.45, 2.75) is 0 Å². The number of amides is 1. The number of Topliss-reactive ketones (excluding diaryl/α,β-unsaturated/α-hetero) is 1. The van der Waals surface area contributed by atoms with Crippen LogP contribution in [0.2, 0.25) is 0 Å². The van der Waals surface area contributed by atoms with Gasteiger partial charge >= 0.3 is 0 Å². The Kier molecular flexibility index (Phi) is 15.3. The summed E-state index contributed by atoms with van der Waals surface area (Å²) in [6.45, 7) is 0. The molecule has 1 amide bonds. The maximum Gasteiger partial charge on any atom is 0.255 e. The normalized spacial score (nSPS) is 14.7. The Labute approximate surface area is 542 Å². The highest BCUT2D eigenvalue weighted by molar-refractivity contribution is 6.52. The average Bonchev–Trinajstić information content (AvgIpc) is 1.54. The van der Waals surface area contributed by atoms with Crippen molar-refractivity contribution in [2.75, 3.05) is 4.90 Å². The molecule has 4 aromatic heterocycles. The molecule has 0 aliphatic carbocycles. The van der Waals surface area contributed by atoms with E-state index >= 15 is 105 Å². The second-order valence-electron chi connectivity index (χ2n) is 21.8. The molecule has 102 heavy (non-hydrogen) atoms. The summed E-state index contributed by atoms with van der Waals surface area (Å²) in [5.74, 6) is -85.1. The number of carbonyl (C=O) groups excluding carboxylic acids is 2. The van der Waals surface area contributed by atoms with Crippen molar-refractivity contribution in [3.63, 3.8) is 0 Å². The first-order valence-electron chi connectivity index (χ1n) is 27.6. The lowest BCUT2D eigenvalue weighted by molar-refractivity contribution is -0.113. The fraction of sp³-hybridized carbons (Fsp3) is 0. The van der Waals surface area contributed by atoms with Crippen LogP contribution < -0.4 is 10.2 Å². The molecule has 0 unspecified atom stereocenters. The molecule has 4 aliphatic heterocycles. The van der Waals surface area contributed by atoms with Gasteiger partial charge in [0.25, 0.3) is 5.91 Å². The van der Waals surface area contributed by atoms with Gasteiger partial charge in [-0.15, -0.1) is 0 Å². The molecule has 8 heterocycles. The van der Waals surface area contributed by atoms with Crippen molar-refractivity contribution in [3.8, 4) is 11.3 Å². The SMILES string of the molecule is O=C1C2=NC(=C(c3c(F)c(F)c(F)c(F)c3F)c3ccc([nH]3)-c3c4c(F)c(F)c(F)c(F)c4n4c(ccc34)=C(c3c(F)c(F)c(F)c(F)c3F)C3=NC(=C(c4c(F)c(F)c(F)c(F)c4F)c4ccc([nH]4)C(c4c(F)c(F)c(F)c(F)c4F)=C4C=CC(=O)N4c4c(F)c(F)c(F)c(F)c41)C=C3)C=C2. The Hall–Kier alpha value is -12.1. The summed E-state index contributed by atoms with van der Waals surface area (Å²) in [5, 5.41) is -2.95. The number of aromatic nitrogens is 3. The van der Waals surface area contributed by atoms with Gasteiger partial charge in [0.2, 0.25) is 29.1 Å². The molecule has 6 aromatic carbocycles. The number of anilines is 1. The molecule has 516 valence electrons. The smallest absolute Gasteiger partial charge is 0.255 e.